The average molecular weight is 292 g/mol. The van der Waals surface area contributed by atoms with E-state index >= 15 is 0 Å². The van der Waals surface area contributed by atoms with Gasteiger partial charge in [-0.1, -0.05) is 6.07 Å². The van der Waals surface area contributed by atoms with Crippen molar-refractivity contribution in [1.29, 1.82) is 0 Å². The lowest BCUT2D eigenvalue weighted by Crippen LogP contribution is -2.21. The molecule has 8 nitrogen and oxygen atoms in total. The number of aromatic nitrogens is 2. The number of nitrogen functional groups attached to an aromatic ring is 1. The van der Waals surface area contributed by atoms with Gasteiger partial charge in [-0.2, -0.15) is 4.98 Å². The van der Waals surface area contributed by atoms with Gasteiger partial charge in [0.1, 0.15) is 12.0 Å². The van der Waals surface area contributed by atoms with Gasteiger partial charge in [0.2, 0.25) is 11.8 Å². The highest BCUT2D eigenvalue weighted by Crippen LogP contribution is 2.31. The van der Waals surface area contributed by atoms with Crippen LogP contribution in [0, 0.1) is 15.9 Å². The van der Waals surface area contributed by atoms with E-state index < -0.39 is 10.7 Å². The molecule has 110 valence electrons. The number of benzene rings is 1. The van der Waals surface area contributed by atoms with Crippen LogP contribution in [0.3, 0.4) is 0 Å². The molecule has 0 aliphatic heterocycles. The molecule has 0 fully saturated rings. The molecule has 0 spiro atoms. The van der Waals surface area contributed by atoms with Crippen LogP contribution >= 0.6 is 0 Å². The van der Waals surface area contributed by atoms with Gasteiger partial charge < -0.3 is 4.90 Å². The number of anilines is 3. The molecule has 21 heavy (non-hydrogen) atoms. The van der Waals surface area contributed by atoms with Gasteiger partial charge in [0.15, 0.2) is 0 Å². The summed E-state index contributed by atoms with van der Waals surface area (Å²) in [6.07, 6.45) is 1.06. The Labute approximate surface area is 119 Å². The van der Waals surface area contributed by atoms with Crippen LogP contribution < -0.4 is 16.2 Å². The zero-order valence-electron chi connectivity index (χ0n) is 11.2. The Morgan fingerprint density at radius 2 is 2.29 bits per heavy atom. The van der Waals surface area contributed by atoms with Crippen molar-refractivity contribution in [3.8, 4) is 0 Å². The maximum Gasteiger partial charge on any atom is 0.330 e. The minimum atomic E-state index is -0.600. The Morgan fingerprint density at radius 3 is 2.86 bits per heavy atom. The smallest absolute Gasteiger partial charge is 0.321 e. The minimum Gasteiger partial charge on any atom is -0.321 e. The molecule has 1 aromatic carbocycles. The van der Waals surface area contributed by atoms with Gasteiger partial charge in [0.05, 0.1) is 4.92 Å². The first kappa shape index (κ1) is 14.6. The van der Waals surface area contributed by atoms with Crippen molar-refractivity contribution in [3.05, 3.63) is 46.4 Å². The van der Waals surface area contributed by atoms with E-state index in [0.29, 0.717) is 12.2 Å². The van der Waals surface area contributed by atoms with Crippen LogP contribution in [-0.2, 0) is 0 Å². The van der Waals surface area contributed by atoms with Gasteiger partial charge in [-0.05, 0) is 25.1 Å². The third-order valence-corrected chi connectivity index (χ3v) is 2.77. The number of nitro groups is 1. The highest BCUT2D eigenvalue weighted by molar-refractivity contribution is 5.68. The molecule has 2 rings (SSSR count). The Hall–Kier alpha value is -2.81. The molecule has 0 unspecified atom stereocenters. The Balaban J connectivity index is 2.57. The fourth-order valence-corrected chi connectivity index (χ4v) is 1.86. The van der Waals surface area contributed by atoms with Crippen molar-refractivity contribution in [1.82, 2.24) is 9.97 Å². The van der Waals surface area contributed by atoms with Crippen molar-refractivity contribution >= 4 is 23.1 Å². The summed E-state index contributed by atoms with van der Waals surface area (Å²) in [5, 5.41) is 11.1. The number of nitrogens with two attached hydrogens (primary N) is 1. The number of halogens is 1. The summed E-state index contributed by atoms with van der Waals surface area (Å²) in [5.74, 6) is 4.85. The third kappa shape index (κ3) is 3.03. The lowest BCUT2D eigenvalue weighted by Gasteiger charge is -2.21. The molecule has 9 heteroatoms. The summed E-state index contributed by atoms with van der Waals surface area (Å²) in [6, 6.07) is 5.71. The monoisotopic (exact) mass is 292 g/mol. The van der Waals surface area contributed by atoms with Crippen LogP contribution in [0.4, 0.5) is 27.5 Å². The predicted octanol–water partition coefficient (Wildman–Crippen LogP) is 1.97. The van der Waals surface area contributed by atoms with E-state index in [1.807, 2.05) is 0 Å². The first-order valence-electron chi connectivity index (χ1n) is 6.08. The van der Waals surface area contributed by atoms with E-state index in [0.717, 1.165) is 6.20 Å². The van der Waals surface area contributed by atoms with Gasteiger partial charge in [0.25, 0.3) is 0 Å². The molecule has 1 aromatic heterocycles. The lowest BCUT2D eigenvalue weighted by atomic mass is 10.2. The van der Waals surface area contributed by atoms with Crippen molar-refractivity contribution < 1.29 is 9.31 Å². The van der Waals surface area contributed by atoms with Gasteiger partial charge >= 0.3 is 5.69 Å². The Morgan fingerprint density at radius 1 is 1.52 bits per heavy atom. The fraction of sp³-hybridized carbons (Fsp3) is 0.167. The second-order valence-electron chi connectivity index (χ2n) is 4.03. The molecule has 0 amide bonds. The summed E-state index contributed by atoms with van der Waals surface area (Å²) in [4.78, 5) is 19.7. The highest BCUT2D eigenvalue weighted by Gasteiger charge is 2.23. The van der Waals surface area contributed by atoms with Gasteiger partial charge in [-0.25, -0.2) is 15.2 Å². The van der Waals surface area contributed by atoms with Crippen LogP contribution in [0.2, 0.25) is 0 Å². The SMILES string of the molecule is CCN(c1cccc(F)c1)c1nc(NN)ncc1[N+](=O)[O-]. The van der Waals surface area contributed by atoms with Crippen molar-refractivity contribution in [2.24, 2.45) is 5.84 Å². The summed E-state index contributed by atoms with van der Waals surface area (Å²) >= 11 is 0. The quantitative estimate of drug-likeness (QED) is 0.492. The molecule has 0 saturated carbocycles. The molecule has 0 radical (unpaired) electrons. The molecular formula is C12H13FN6O2. The minimum absolute atomic E-state index is 0.0328. The highest BCUT2D eigenvalue weighted by atomic mass is 19.1. The van der Waals surface area contributed by atoms with Gasteiger partial charge in [-0.3, -0.25) is 15.5 Å². The summed E-state index contributed by atoms with van der Waals surface area (Å²) in [7, 11) is 0. The van der Waals surface area contributed by atoms with E-state index in [-0.39, 0.29) is 17.5 Å². The second kappa shape index (κ2) is 6.09. The number of hydrogen-bond donors (Lipinski definition) is 2. The molecule has 3 N–H and O–H groups in total. The van der Waals surface area contributed by atoms with Crippen molar-refractivity contribution in [3.63, 3.8) is 0 Å². The first-order valence-corrected chi connectivity index (χ1v) is 6.08. The lowest BCUT2D eigenvalue weighted by molar-refractivity contribution is -0.384. The van der Waals surface area contributed by atoms with E-state index in [2.05, 4.69) is 15.4 Å². The number of hydrazine groups is 1. The second-order valence-corrected chi connectivity index (χ2v) is 4.03. The number of nitrogens with one attached hydrogen (secondary N) is 1. The Kier molecular flexibility index (Phi) is 4.24. The van der Waals surface area contributed by atoms with E-state index in [1.165, 1.54) is 23.1 Å². The van der Waals surface area contributed by atoms with E-state index in [4.69, 9.17) is 5.84 Å². The number of rotatable bonds is 5. The predicted molar refractivity (Wildman–Crippen MR) is 75.6 cm³/mol. The average Bonchev–Trinajstić information content (AvgIpc) is 2.47. The van der Waals surface area contributed by atoms with Crippen LogP contribution in [0.15, 0.2) is 30.5 Å². The van der Waals surface area contributed by atoms with Crippen molar-refractivity contribution in [2.45, 2.75) is 6.92 Å². The third-order valence-electron chi connectivity index (χ3n) is 2.77. The van der Waals surface area contributed by atoms with Crippen LogP contribution in [0.25, 0.3) is 0 Å². The normalized spacial score (nSPS) is 10.2. The maximum atomic E-state index is 13.4. The van der Waals surface area contributed by atoms with Crippen LogP contribution in [0.1, 0.15) is 6.92 Å². The summed E-state index contributed by atoms with van der Waals surface area (Å²) in [6.45, 7) is 2.12. The summed E-state index contributed by atoms with van der Waals surface area (Å²) in [5.41, 5.74) is 2.38. The van der Waals surface area contributed by atoms with Crippen molar-refractivity contribution in [2.75, 3.05) is 16.9 Å². The number of hydrogen-bond acceptors (Lipinski definition) is 7. The van der Waals surface area contributed by atoms with Gasteiger partial charge in [0, 0.05) is 12.2 Å². The fourth-order valence-electron chi connectivity index (χ4n) is 1.86. The molecule has 0 bridgehead atoms. The maximum absolute atomic E-state index is 13.4. The van der Waals surface area contributed by atoms with Crippen LogP contribution in [0.5, 0.6) is 0 Å². The van der Waals surface area contributed by atoms with E-state index in [1.54, 1.807) is 13.0 Å². The topological polar surface area (TPSA) is 110 Å². The summed E-state index contributed by atoms with van der Waals surface area (Å²) < 4.78 is 13.4. The molecule has 0 aliphatic rings. The largest absolute Gasteiger partial charge is 0.330 e. The Bertz CT molecular complexity index is 666. The standard InChI is InChI=1S/C12H13FN6O2/c1-2-18(9-5-3-4-8(13)6-9)11-10(19(20)21)7-15-12(16-11)17-14/h3-7H,2,14H2,1H3,(H,15,16,17). The van der Waals surface area contributed by atoms with Crippen LogP contribution in [-0.4, -0.2) is 21.4 Å². The molecule has 2 aromatic rings. The van der Waals surface area contributed by atoms with E-state index in [9.17, 15) is 14.5 Å². The molecule has 0 aliphatic carbocycles. The molecular weight excluding hydrogens is 279 g/mol. The number of nitrogens with zero attached hydrogens (tertiary/aromatic N) is 4. The zero-order chi connectivity index (χ0) is 15.4. The molecule has 1 heterocycles. The molecule has 0 atom stereocenters. The first-order chi connectivity index (χ1) is 10.1. The van der Waals surface area contributed by atoms with Gasteiger partial charge in [-0.15, -0.1) is 0 Å². The zero-order valence-corrected chi connectivity index (χ0v) is 11.2. The molecule has 0 saturated heterocycles.